The molecule has 1 aliphatic rings. The van der Waals surface area contributed by atoms with E-state index in [1.807, 2.05) is 0 Å². The van der Waals surface area contributed by atoms with Gasteiger partial charge in [0.2, 0.25) is 5.91 Å². The predicted molar refractivity (Wildman–Crippen MR) is 98.2 cm³/mol. The number of carbonyl (C=O) groups is 4. The van der Waals surface area contributed by atoms with Gasteiger partial charge >= 0.3 is 5.97 Å². The first-order valence-electron chi connectivity index (χ1n) is 7.76. The molecule has 0 bridgehead atoms. The van der Waals surface area contributed by atoms with E-state index in [1.54, 1.807) is 0 Å². The molecule has 3 rings (SSSR count). The zero-order valence-electron chi connectivity index (χ0n) is 14.2. The van der Waals surface area contributed by atoms with Crippen molar-refractivity contribution in [3.05, 3.63) is 62.9 Å². The van der Waals surface area contributed by atoms with Gasteiger partial charge in [-0.25, -0.2) is 9.18 Å². The van der Waals surface area contributed by atoms with Crippen LogP contribution in [0.15, 0.2) is 30.3 Å². The van der Waals surface area contributed by atoms with Gasteiger partial charge in [-0.15, -0.1) is 0 Å². The van der Waals surface area contributed by atoms with E-state index >= 15 is 0 Å². The number of carbonyl (C=O) groups excluding carboxylic acids is 4. The van der Waals surface area contributed by atoms with Gasteiger partial charge in [-0.3, -0.25) is 19.3 Å². The number of imide groups is 1. The van der Waals surface area contributed by atoms with E-state index in [0.29, 0.717) is 4.90 Å². The van der Waals surface area contributed by atoms with E-state index in [9.17, 15) is 23.6 Å². The molecule has 0 radical (unpaired) electrons. The number of hydrogen-bond acceptors (Lipinski definition) is 5. The molecule has 10 heteroatoms. The molecule has 0 atom stereocenters. The van der Waals surface area contributed by atoms with Crippen LogP contribution in [0, 0.1) is 5.82 Å². The maximum atomic E-state index is 13.9. The number of halogens is 3. The molecule has 28 heavy (non-hydrogen) atoms. The summed E-state index contributed by atoms with van der Waals surface area (Å²) in [5, 5.41) is 2.41. The quantitative estimate of drug-likeness (QED) is 0.600. The molecule has 0 saturated heterocycles. The van der Waals surface area contributed by atoms with Crippen molar-refractivity contribution in [2.45, 2.75) is 0 Å². The number of nitrogens with zero attached hydrogens (tertiary/aromatic N) is 1. The topological polar surface area (TPSA) is 92.8 Å². The fourth-order valence-electron chi connectivity index (χ4n) is 2.63. The zero-order valence-corrected chi connectivity index (χ0v) is 15.7. The van der Waals surface area contributed by atoms with Crippen LogP contribution in [0.25, 0.3) is 0 Å². The molecule has 0 unspecified atom stereocenters. The fourth-order valence-corrected chi connectivity index (χ4v) is 2.95. The minimum absolute atomic E-state index is 0.0178. The van der Waals surface area contributed by atoms with Gasteiger partial charge in [0, 0.05) is 0 Å². The number of fused-ring (bicyclic) bond motifs is 1. The average Bonchev–Trinajstić information content (AvgIpc) is 2.88. The third-order valence-electron chi connectivity index (χ3n) is 3.97. The fraction of sp³-hybridized carbons (Fsp3) is 0.111. The van der Waals surface area contributed by atoms with Crippen molar-refractivity contribution in [1.29, 1.82) is 0 Å². The van der Waals surface area contributed by atoms with E-state index in [2.05, 4.69) is 10.1 Å². The Morgan fingerprint density at radius 2 is 1.64 bits per heavy atom. The van der Waals surface area contributed by atoms with Gasteiger partial charge in [0.25, 0.3) is 11.8 Å². The maximum Gasteiger partial charge on any atom is 0.337 e. The molecule has 1 N–H and O–H groups in total. The summed E-state index contributed by atoms with van der Waals surface area (Å²) in [5.74, 6) is -3.81. The Balaban J connectivity index is 1.78. The summed E-state index contributed by atoms with van der Waals surface area (Å²) in [5.41, 5.74) is -0.239. The Labute approximate surface area is 168 Å². The molecule has 0 saturated carbocycles. The van der Waals surface area contributed by atoms with Crippen LogP contribution >= 0.6 is 23.2 Å². The lowest BCUT2D eigenvalue weighted by atomic mass is 10.1. The first kappa shape index (κ1) is 19.8. The van der Waals surface area contributed by atoms with Gasteiger partial charge in [0.05, 0.1) is 39.5 Å². The summed E-state index contributed by atoms with van der Waals surface area (Å²) in [4.78, 5) is 49.3. The van der Waals surface area contributed by atoms with Crippen LogP contribution < -0.4 is 5.32 Å². The van der Waals surface area contributed by atoms with Gasteiger partial charge in [0.15, 0.2) is 0 Å². The van der Waals surface area contributed by atoms with E-state index in [-0.39, 0.29) is 32.4 Å². The number of ether oxygens (including phenoxy) is 1. The van der Waals surface area contributed by atoms with Gasteiger partial charge < -0.3 is 10.1 Å². The minimum atomic E-state index is -0.840. The van der Waals surface area contributed by atoms with Gasteiger partial charge in [0.1, 0.15) is 12.4 Å². The number of anilines is 1. The molecule has 0 fully saturated rings. The lowest BCUT2D eigenvalue weighted by Gasteiger charge is -2.14. The summed E-state index contributed by atoms with van der Waals surface area (Å²) in [6.07, 6.45) is 0. The van der Waals surface area contributed by atoms with Crippen LogP contribution in [0.5, 0.6) is 0 Å². The number of amides is 3. The smallest absolute Gasteiger partial charge is 0.337 e. The van der Waals surface area contributed by atoms with Crippen molar-refractivity contribution in [2.24, 2.45) is 0 Å². The van der Waals surface area contributed by atoms with Crippen molar-refractivity contribution >= 4 is 52.6 Å². The second kappa shape index (κ2) is 7.57. The highest BCUT2D eigenvalue weighted by molar-refractivity contribution is 6.43. The summed E-state index contributed by atoms with van der Waals surface area (Å²) in [7, 11) is 1.16. The predicted octanol–water partition coefficient (Wildman–Crippen LogP) is 3.15. The minimum Gasteiger partial charge on any atom is -0.465 e. The lowest BCUT2D eigenvalue weighted by molar-refractivity contribution is -0.116. The number of hydrogen-bond donors (Lipinski definition) is 1. The van der Waals surface area contributed by atoms with Crippen LogP contribution in [-0.2, 0) is 9.53 Å². The van der Waals surface area contributed by atoms with Crippen LogP contribution in [0.4, 0.5) is 10.1 Å². The van der Waals surface area contributed by atoms with Crippen LogP contribution in [0.1, 0.15) is 31.1 Å². The third-order valence-corrected chi connectivity index (χ3v) is 4.70. The Kier molecular flexibility index (Phi) is 5.35. The van der Waals surface area contributed by atoms with E-state index < -0.39 is 36.1 Å². The monoisotopic (exact) mass is 424 g/mol. The third kappa shape index (κ3) is 3.56. The molecule has 7 nitrogen and oxygen atoms in total. The molecular formula is C18H11Cl2FN2O5. The highest BCUT2D eigenvalue weighted by Gasteiger charge is 2.37. The summed E-state index contributed by atoms with van der Waals surface area (Å²) < 4.78 is 18.5. The second-order valence-electron chi connectivity index (χ2n) is 5.74. The summed E-state index contributed by atoms with van der Waals surface area (Å²) in [6.45, 7) is -0.663. The van der Waals surface area contributed by atoms with Crippen molar-refractivity contribution in [3.63, 3.8) is 0 Å². The molecule has 144 valence electrons. The van der Waals surface area contributed by atoms with Crippen LogP contribution in [-0.4, -0.2) is 42.2 Å². The van der Waals surface area contributed by atoms with Gasteiger partial charge in [-0.1, -0.05) is 23.2 Å². The normalized spacial score (nSPS) is 12.8. The SMILES string of the molecule is COC(=O)c1ccc(F)c(NC(=O)CN2C(=O)c3cc(Cl)c(Cl)cc3C2=O)c1. The number of benzene rings is 2. The first-order valence-corrected chi connectivity index (χ1v) is 8.51. The highest BCUT2D eigenvalue weighted by Crippen LogP contribution is 2.31. The van der Waals surface area contributed by atoms with Gasteiger partial charge in [-0.05, 0) is 30.3 Å². The molecular weight excluding hydrogens is 414 g/mol. The Bertz CT molecular complexity index is 1000. The Morgan fingerprint density at radius 1 is 1.07 bits per heavy atom. The summed E-state index contributed by atoms with van der Waals surface area (Å²) in [6, 6.07) is 5.75. The van der Waals surface area contributed by atoms with Crippen molar-refractivity contribution in [2.75, 3.05) is 19.0 Å². The second-order valence-corrected chi connectivity index (χ2v) is 6.56. The van der Waals surface area contributed by atoms with Crippen molar-refractivity contribution < 1.29 is 28.3 Å². The lowest BCUT2D eigenvalue weighted by Crippen LogP contribution is -2.37. The number of rotatable bonds is 4. The molecule has 2 aromatic carbocycles. The molecule has 0 aromatic heterocycles. The molecule has 0 spiro atoms. The number of nitrogens with one attached hydrogen (secondary N) is 1. The molecule has 1 heterocycles. The number of methoxy groups -OCH3 is 1. The van der Waals surface area contributed by atoms with E-state index in [4.69, 9.17) is 23.2 Å². The summed E-state index contributed by atoms with van der Waals surface area (Å²) >= 11 is 11.7. The standard InChI is InChI=1S/C18H11Cl2FN2O5/c1-28-18(27)8-2-3-13(21)14(4-8)22-15(24)7-23-16(25)9-5-11(19)12(20)6-10(9)17(23)26/h2-6H,7H2,1H3,(H,22,24). The van der Waals surface area contributed by atoms with E-state index in [0.717, 1.165) is 19.2 Å². The maximum absolute atomic E-state index is 13.9. The largest absolute Gasteiger partial charge is 0.465 e. The Morgan fingerprint density at radius 3 is 2.18 bits per heavy atom. The molecule has 0 aliphatic carbocycles. The highest BCUT2D eigenvalue weighted by atomic mass is 35.5. The van der Waals surface area contributed by atoms with Crippen LogP contribution in [0.3, 0.4) is 0 Å². The number of esters is 1. The van der Waals surface area contributed by atoms with Crippen molar-refractivity contribution in [3.8, 4) is 0 Å². The average molecular weight is 425 g/mol. The first-order chi connectivity index (χ1) is 13.2. The Hall–Kier alpha value is -2.97. The van der Waals surface area contributed by atoms with Gasteiger partial charge in [-0.2, -0.15) is 0 Å². The van der Waals surface area contributed by atoms with E-state index in [1.165, 1.54) is 18.2 Å². The van der Waals surface area contributed by atoms with Crippen molar-refractivity contribution in [1.82, 2.24) is 4.90 Å². The molecule has 1 aliphatic heterocycles. The van der Waals surface area contributed by atoms with Crippen LogP contribution in [0.2, 0.25) is 10.0 Å². The molecule has 2 aromatic rings. The zero-order chi connectivity index (χ0) is 20.6. The molecule has 3 amide bonds.